The molecule has 1 aromatic heterocycles. The largest absolute Gasteiger partial charge is 0.493 e. The maximum atomic E-state index is 14.8. The van der Waals surface area contributed by atoms with E-state index in [0.717, 1.165) is 21.9 Å². The van der Waals surface area contributed by atoms with Crippen molar-refractivity contribution in [2.75, 3.05) is 28.1 Å². The molecule has 0 aliphatic rings. The highest BCUT2D eigenvalue weighted by Gasteiger charge is 2.30. The minimum Gasteiger partial charge on any atom is -0.493 e. The molecule has 0 fully saturated rings. The van der Waals surface area contributed by atoms with E-state index in [1.165, 1.54) is 7.11 Å². The van der Waals surface area contributed by atoms with Gasteiger partial charge in [0.05, 0.1) is 31.4 Å². The molecule has 0 N–H and O–H groups in total. The number of ketones is 1. The number of para-hydroxylation sites is 1. The second kappa shape index (κ2) is 15.8. The average molecular weight is 656 g/mol. The van der Waals surface area contributed by atoms with Crippen molar-refractivity contribution in [2.45, 2.75) is 19.1 Å². The number of hydrogen-bond donors (Lipinski definition) is 0. The van der Waals surface area contributed by atoms with E-state index in [2.05, 4.69) is 0 Å². The van der Waals surface area contributed by atoms with Crippen molar-refractivity contribution in [1.82, 2.24) is 4.98 Å². The fourth-order valence-electron chi connectivity index (χ4n) is 5.67. The first-order valence-corrected chi connectivity index (χ1v) is 15.8. The van der Waals surface area contributed by atoms with E-state index in [4.69, 9.17) is 33.4 Å². The summed E-state index contributed by atoms with van der Waals surface area (Å²) < 4.78 is 34.9. The van der Waals surface area contributed by atoms with E-state index in [9.17, 15) is 4.79 Å². The fraction of sp³-hybridized carbons (Fsp3) is 0.171. The topological polar surface area (TPSA) is 85.3 Å². The lowest BCUT2D eigenvalue weighted by Gasteiger charge is -2.22. The first kappa shape index (κ1) is 33.1. The molecule has 1 heterocycles. The summed E-state index contributed by atoms with van der Waals surface area (Å²) in [5.74, 6) is 1.49. The van der Waals surface area contributed by atoms with Crippen LogP contribution in [0.5, 0.6) is 28.7 Å². The Morgan fingerprint density at radius 2 is 1.24 bits per heavy atom. The molecule has 1 atom stereocenters. The Hall–Kier alpha value is -5.86. The number of nitrogens with zero attached hydrogens (tertiary/aromatic N) is 1. The molecule has 1 unspecified atom stereocenters. The van der Waals surface area contributed by atoms with Crippen LogP contribution < -0.4 is 23.7 Å². The summed E-state index contributed by atoms with van der Waals surface area (Å²) in [5, 5.41) is 1.58. The molecule has 8 heteroatoms. The number of methoxy groups -OCH3 is 3. The van der Waals surface area contributed by atoms with Crippen molar-refractivity contribution >= 4 is 16.6 Å². The van der Waals surface area contributed by atoms with Crippen molar-refractivity contribution in [3.63, 3.8) is 0 Å². The number of fused-ring (bicyclic) bond motifs is 1. The van der Waals surface area contributed by atoms with E-state index in [1.54, 1.807) is 38.6 Å². The molecule has 0 amide bonds. The summed E-state index contributed by atoms with van der Waals surface area (Å²) in [5.41, 5.74) is 3.65. The lowest BCUT2D eigenvalue weighted by atomic mass is 9.85. The molecule has 0 radical (unpaired) electrons. The van der Waals surface area contributed by atoms with Crippen molar-refractivity contribution in [3.05, 3.63) is 155 Å². The predicted molar refractivity (Wildman–Crippen MR) is 188 cm³/mol. The second-order valence-electron chi connectivity index (χ2n) is 11.2. The third kappa shape index (κ3) is 7.66. The van der Waals surface area contributed by atoms with Crippen LogP contribution in [0.3, 0.4) is 0 Å². The maximum absolute atomic E-state index is 14.8. The number of benzene rings is 5. The van der Waals surface area contributed by atoms with Crippen LogP contribution in [-0.4, -0.2) is 38.9 Å². The monoisotopic (exact) mass is 655 g/mol. The molecular formula is C41H37NO7. The number of rotatable bonds is 15. The molecule has 0 spiro atoms. The van der Waals surface area contributed by atoms with Crippen LogP contribution in [0.15, 0.2) is 128 Å². The number of carbonyl (C=O) groups is 1. The zero-order valence-electron chi connectivity index (χ0n) is 27.6. The number of carbonyl (C=O) groups excluding carboxylic acids is 1. The van der Waals surface area contributed by atoms with E-state index >= 15 is 0 Å². The van der Waals surface area contributed by atoms with Gasteiger partial charge in [-0.25, -0.2) is 0 Å². The van der Waals surface area contributed by atoms with Gasteiger partial charge < -0.3 is 28.4 Å². The Morgan fingerprint density at radius 3 is 1.92 bits per heavy atom. The molecule has 8 nitrogen and oxygen atoms in total. The summed E-state index contributed by atoms with van der Waals surface area (Å²) in [6, 6.07) is 38.2. The SMILES string of the molecule is COCOc1ccccc1C(=O)C(c1ccc(OCc2ccccc2)c(OC)c1)c1nccc2cc(OCc3ccccc3)c(OC)cc12. The normalized spacial score (nSPS) is 11.5. The third-order valence-electron chi connectivity index (χ3n) is 8.10. The molecule has 6 rings (SSSR count). The summed E-state index contributed by atoms with van der Waals surface area (Å²) in [4.78, 5) is 19.6. The Bertz CT molecular complexity index is 2010. The number of hydrogen-bond acceptors (Lipinski definition) is 8. The van der Waals surface area contributed by atoms with E-state index in [-0.39, 0.29) is 12.6 Å². The molecule has 248 valence electrons. The summed E-state index contributed by atoms with van der Waals surface area (Å²) in [6.07, 6.45) is 1.70. The number of aromatic nitrogens is 1. The van der Waals surface area contributed by atoms with Gasteiger partial charge >= 0.3 is 0 Å². The molecule has 6 aromatic rings. The van der Waals surface area contributed by atoms with Gasteiger partial charge in [0, 0.05) is 18.7 Å². The average Bonchev–Trinajstić information content (AvgIpc) is 3.16. The Morgan fingerprint density at radius 1 is 0.612 bits per heavy atom. The van der Waals surface area contributed by atoms with Crippen LogP contribution in [0.25, 0.3) is 10.8 Å². The van der Waals surface area contributed by atoms with Crippen LogP contribution in [0.1, 0.15) is 38.7 Å². The molecule has 0 aliphatic carbocycles. The Balaban J connectivity index is 1.44. The first-order valence-electron chi connectivity index (χ1n) is 15.8. The van der Waals surface area contributed by atoms with Crippen LogP contribution >= 0.6 is 0 Å². The minimum atomic E-state index is -0.853. The van der Waals surface area contributed by atoms with Crippen LogP contribution in [0.4, 0.5) is 0 Å². The third-order valence-corrected chi connectivity index (χ3v) is 8.10. The van der Waals surface area contributed by atoms with Gasteiger partial charge in [0.2, 0.25) is 0 Å². The zero-order chi connectivity index (χ0) is 34.0. The van der Waals surface area contributed by atoms with Crippen LogP contribution in [0.2, 0.25) is 0 Å². The van der Waals surface area contributed by atoms with Crippen molar-refractivity contribution in [2.24, 2.45) is 0 Å². The maximum Gasteiger partial charge on any atom is 0.188 e. The highest BCUT2D eigenvalue weighted by molar-refractivity contribution is 6.07. The molecule has 0 saturated heterocycles. The number of Topliss-reactive ketones (excluding diaryl/α,β-unsaturated/α-hetero) is 1. The standard InChI is InChI=1S/C41H37NO7/c1-44-27-49-34-17-11-10-16-32(34)41(43)39(31-18-19-35(36(23-31)45-2)47-25-28-12-6-4-7-13-28)40-33-24-37(46-3)38(22-30(33)20-21-42-40)48-26-29-14-8-5-9-15-29/h4-24,39H,25-27H2,1-3H3. The van der Waals surface area contributed by atoms with Gasteiger partial charge in [-0.3, -0.25) is 9.78 Å². The quantitative estimate of drug-likeness (QED) is 0.0806. The summed E-state index contributed by atoms with van der Waals surface area (Å²) in [7, 11) is 4.71. The molecular weight excluding hydrogens is 618 g/mol. The second-order valence-corrected chi connectivity index (χ2v) is 11.2. The highest BCUT2D eigenvalue weighted by Crippen LogP contribution is 2.41. The lowest BCUT2D eigenvalue weighted by Crippen LogP contribution is -2.18. The molecule has 0 aliphatic heterocycles. The van der Waals surface area contributed by atoms with Gasteiger partial charge in [-0.2, -0.15) is 0 Å². The van der Waals surface area contributed by atoms with Gasteiger partial charge in [-0.15, -0.1) is 0 Å². The Kier molecular flexibility index (Phi) is 10.7. The van der Waals surface area contributed by atoms with Crippen molar-refractivity contribution < 1.29 is 33.2 Å². The highest BCUT2D eigenvalue weighted by atomic mass is 16.7. The van der Waals surface area contributed by atoms with Crippen LogP contribution in [-0.2, 0) is 18.0 Å². The van der Waals surface area contributed by atoms with Gasteiger partial charge in [0.15, 0.2) is 35.6 Å². The lowest BCUT2D eigenvalue weighted by molar-refractivity contribution is 0.0502. The van der Waals surface area contributed by atoms with Gasteiger partial charge in [-0.1, -0.05) is 78.9 Å². The summed E-state index contributed by atoms with van der Waals surface area (Å²) in [6.45, 7) is 0.729. The number of pyridine rings is 1. The smallest absolute Gasteiger partial charge is 0.188 e. The van der Waals surface area contributed by atoms with Crippen LogP contribution in [0, 0.1) is 0 Å². The van der Waals surface area contributed by atoms with Gasteiger partial charge in [-0.05, 0) is 64.5 Å². The van der Waals surface area contributed by atoms with Crippen molar-refractivity contribution in [1.29, 1.82) is 0 Å². The Labute approximate surface area is 285 Å². The fourth-order valence-corrected chi connectivity index (χ4v) is 5.67. The van der Waals surface area contributed by atoms with E-state index in [0.29, 0.717) is 58.8 Å². The van der Waals surface area contributed by atoms with Gasteiger partial charge in [0.25, 0.3) is 0 Å². The first-order chi connectivity index (χ1) is 24.1. The molecule has 49 heavy (non-hydrogen) atoms. The summed E-state index contributed by atoms with van der Waals surface area (Å²) >= 11 is 0. The van der Waals surface area contributed by atoms with Gasteiger partial charge in [0.1, 0.15) is 19.0 Å². The van der Waals surface area contributed by atoms with E-state index < -0.39 is 5.92 Å². The number of ether oxygens (including phenoxy) is 6. The minimum absolute atomic E-state index is 0.00823. The predicted octanol–water partition coefficient (Wildman–Crippen LogP) is 8.41. The van der Waals surface area contributed by atoms with Crippen molar-refractivity contribution in [3.8, 4) is 28.7 Å². The zero-order valence-corrected chi connectivity index (χ0v) is 27.6. The van der Waals surface area contributed by atoms with E-state index in [1.807, 2.05) is 103 Å². The molecule has 5 aromatic carbocycles. The molecule has 0 bridgehead atoms. The molecule has 0 saturated carbocycles.